The van der Waals surface area contributed by atoms with Crippen LogP contribution in [0.15, 0.2) is 24.7 Å². The number of amides is 1. The number of aryl methyl sites for hydroxylation is 1. The van der Waals surface area contributed by atoms with Crippen molar-refractivity contribution in [3.63, 3.8) is 0 Å². The van der Waals surface area contributed by atoms with Crippen molar-refractivity contribution in [2.75, 3.05) is 13.1 Å². The van der Waals surface area contributed by atoms with Gasteiger partial charge in [-0.25, -0.2) is 4.98 Å². The van der Waals surface area contributed by atoms with Crippen LogP contribution in [0.5, 0.6) is 0 Å². The lowest BCUT2D eigenvalue weighted by Gasteiger charge is -1.97. The first-order valence-electron chi connectivity index (χ1n) is 4.35. The lowest BCUT2D eigenvalue weighted by Crippen LogP contribution is -2.23. The summed E-state index contributed by atoms with van der Waals surface area (Å²) in [5.74, 6) is -0.174. The Kier molecular flexibility index (Phi) is 3.87. The van der Waals surface area contributed by atoms with Crippen molar-refractivity contribution >= 4 is 5.91 Å². The number of nitrogens with one attached hydrogen (secondary N) is 1. The number of aromatic nitrogens is 2. The van der Waals surface area contributed by atoms with Crippen molar-refractivity contribution in [3.8, 4) is 0 Å². The second-order valence-corrected chi connectivity index (χ2v) is 2.84. The molecule has 1 amide bonds. The monoisotopic (exact) mass is 194 g/mol. The van der Waals surface area contributed by atoms with Gasteiger partial charge in [0.25, 0.3) is 5.91 Å². The Morgan fingerprint density at radius 3 is 3.07 bits per heavy atom. The number of hydrogen-bond donors (Lipinski definition) is 2. The fraction of sp³-hybridized carbons (Fsp3) is 0.333. The number of nitrogens with two attached hydrogens (primary N) is 1. The van der Waals surface area contributed by atoms with Crippen molar-refractivity contribution in [1.82, 2.24) is 14.9 Å². The van der Waals surface area contributed by atoms with E-state index in [4.69, 9.17) is 5.73 Å². The average molecular weight is 194 g/mol. The second kappa shape index (κ2) is 5.18. The van der Waals surface area contributed by atoms with E-state index in [-0.39, 0.29) is 5.91 Å². The lowest BCUT2D eigenvalue weighted by molar-refractivity contribution is 0.0953. The van der Waals surface area contributed by atoms with Crippen LogP contribution in [0, 0.1) is 0 Å². The lowest BCUT2D eigenvalue weighted by atomic mass is 10.4. The zero-order valence-electron chi connectivity index (χ0n) is 8.10. The molecule has 0 spiro atoms. The molecule has 0 saturated heterocycles. The zero-order valence-corrected chi connectivity index (χ0v) is 8.10. The maximum atomic E-state index is 11.4. The maximum absolute atomic E-state index is 11.4. The van der Waals surface area contributed by atoms with Gasteiger partial charge in [-0.05, 0) is 0 Å². The Balaban J connectivity index is 2.39. The van der Waals surface area contributed by atoms with Crippen LogP contribution < -0.4 is 11.1 Å². The first kappa shape index (κ1) is 10.5. The summed E-state index contributed by atoms with van der Waals surface area (Å²) < 4.78 is 1.73. The molecular formula is C9H14N4O. The van der Waals surface area contributed by atoms with Gasteiger partial charge in [-0.1, -0.05) is 12.2 Å². The zero-order chi connectivity index (χ0) is 10.4. The van der Waals surface area contributed by atoms with Crippen molar-refractivity contribution in [2.24, 2.45) is 12.8 Å². The fourth-order valence-electron chi connectivity index (χ4n) is 0.952. The molecule has 0 aliphatic heterocycles. The molecule has 1 rings (SSSR count). The van der Waals surface area contributed by atoms with Crippen molar-refractivity contribution < 1.29 is 4.79 Å². The van der Waals surface area contributed by atoms with Crippen molar-refractivity contribution in [1.29, 1.82) is 0 Å². The molecule has 0 aliphatic rings. The highest BCUT2D eigenvalue weighted by atomic mass is 16.1. The summed E-state index contributed by atoms with van der Waals surface area (Å²) in [6.45, 7) is 0.964. The van der Waals surface area contributed by atoms with Gasteiger partial charge in [0.2, 0.25) is 0 Å². The maximum Gasteiger partial charge on any atom is 0.271 e. The Hall–Kier alpha value is -1.62. The number of hydrogen-bond acceptors (Lipinski definition) is 3. The van der Waals surface area contributed by atoms with Crippen LogP contribution in [-0.2, 0) is 7.05 Å². The molecule has 1 heterocycles. The van der Waals surface area contributed by atoms with Crippen LogP contribution in [0.1, 0.15) is 10.5 Å². The van der Waals surface area contributed by atoms with Crippen LogP contribution in [0.25, 0.3) is 0 Å². The van der Waals surface area contributed by atoms with Gasteiger partial charge in [-0.15, -0.1) is 0 Å². The Bertz CT molecular complexity index is 329. The van der Waals surface area contributed by atoms with E-state index in [0.717, 1.165) is 0 Å². The first-order valence-corrected chi connectivity index (χ1v) is 4.35. The van der Waals surface area contributed by atoms with Gasteiger partial charge in [-0.2, -0.15) is 0 Å². The summed E-state index contributed by atoms with van der Waals surface area (Å²) in [4.78, 5) is 15.3. The van der Waals surface area contributed by atoms with Gasteiger partial charge in [-0.3, -0.25) is 4.79 Å². The van der Waals surface area contributed by atoms with E-state index in [1.54, 1.807) is 29.2 Å². The minimum absolute atomic E-state index is 0.174. The number of imidazole rings is 1. The summed E-state index contributed by atoms with van der Waals surface area (Å²) in [5.41, 5.74) is 5.67. The molecule has 1 aromatic heterocycles. The molecule has 5 heteroatoms. The molecule has 5 nitrogen and oxygen atoms in total. The SMILES string of the molecule is Cn1cnc(C(=O)NC/C=C/CN)c1. The Morgan fingerprint density at radius 1 is 1.71 bits per heavy atom. The molecular weight excluding hydrogens is 180 g/mol. The molecule has 0 saturated carbocycles. The summed E-state index contributed by atoms with van der Waals surface area (Å²) in [6.07, 6.45) is 6.85. The highest BCUT2D eigenvalue weighted by Gasteiger charge is 2.05. The molecule has 0 bridgehead atoms. The van der Waals surface area contributed by atoms with Crippen LogP contribution in [0.2, 0.25) is 0 Å². The normalized spacial score (nSPS) is 10.7. The minimum atomic E-state index is -0.174. The largest absolute Gasteiger partial charge is 0.347 e. The number of nitrogens with zero attached hydrogens (tertiary/aromatic N) is 2. The third kappa shape index (κ3) is 3.02. The predicted molar refractivity (Wildman–Crippen MR) is 53.7 cm³/mol. The van der Waals surface area contributed by atoms with E-state index in [1.165, 1.54) is 0 Å². The number of carbonyl (C=O) groups excluding carboxylic acids is 1. The van der Waals surface area contributed by atoms with Gasteiger partial charge in [0, 0.05) is 26.3 Å². The summed E-state index contributed by atoms with van der Waals surface area (Å²) in [5, 5.41) is 2.69. The highest BCUT2D eigenvalue weighted by molar-refractivity contribution is 5.92. The third-order valence-electron chi connectivity index (χ3n) is 1.62. The van der Waals surface area contributed by atoms with E-state index < -0.39 is 0 Å². The van der Waals surface area contributed by atoms with E-state index >= 15 is 0 Å². The van der Waals surface area contributed by atoms with E-state index in [0.29, 0.717) is 18.8 Å². The molecule has 3 N–H and O–H groups in total. The summed E-state index contributed by atoms with van der Waals surface area (Å²) in [7, 11) is 1.82. The van der Waals surface area contributed by atoms with Gasteiger partial charge in [0.1, 0.15) is 5.69 Å². The molecule has 0 atom stereocenters. The molecule has 76 valence electrons. The van der Waals surface area contributed by atoms with E-state index in [9.17, 15) is 4.79 Å². The highest BCUT2D eigenvalue weighted by Crippen LogP contribution is 1.92. The second-order valence-electron chi connectivity index (χ2n) is 2.84. The van der Waals surface area contributed by atoms with Gasteiger partial charge in [0.05, 0.1) is 6.33 Å². The Labute approximate surface area is 82.6 Å². The fourth-order valence-corrected chi connectivity index (χ4v) is 0.952. The predicted octanol–water partition coefficient (Wildman–Crippen LogP) is -0.335. The van der Waals surface area contributed by atoms with Gasteiger partial charge >= 0.3 is 0 Å². The van der Waals surface area contributed by atoms with Crippen LogP contribution in [0.3, 0.4) is 0 Å². The number of carbonyl (C=O) groups is 1. The smallest absolute Gasteiger partial charge is 0.271 e. The van der Waals surface area contributed by atoms with Crippen LogP contribution >= 0.6 is 0 Å². The van der Waals surface area contributed by atoms with E-state index in [1.807, 2.05) is 7.05 Å². The molecule has 1 aromatic rings. The van der Waals surface area contributed by atoms with Gasteiger partial charge < -0.3 is 15.6 Å². The molecule has 0 aliphatic carbocycles. The van der Waals surface area contributed by atoms with Crippen molar-refractivity contribution in [2.45, 2.75) is 0 Å². The molecule has 0 aromatic carbocycles. The molecule has 0 fully saturated rings. The summed E-state index contributed by atoms with van der Waals surface area (Å²) in [6, 6.07) is 0. The van der Waals surface area contributed by atoms with E-state index in [2.05, 4.69) is 10.3 Å². The topological polar surface area (TPSA) is 72.9 Å². The summed E-state index contributed by atoms with van der Waals surface area (Å²) >= 11 is 0. The van der Waals surface area contributed by atoms with Crippen molar-refractivity contribution in [3.05, 3.63) is 30.4 Å². The average Bonchev–Trinajstić information content (AvgIpc) is 2.59. The molecule has 14 heavy (non-hydrogen) atoms. The first-order chi connectivity index (χ1) is 6.74. The molecule has 0 radical (unpaired) electrons. The quantitative estimate of drug-likeness (QED) is 0.644. The van der Waals surface area contributed by atoms with Crippen LogP contribution in [-0.4, -0.2) is 28.5 Å². The number of rotatable bonds is 4. The van der Waals surface area contributed by atoms with Gasteiger partial charge in [0.15, 0.2) is 0 Å². The molecule has 0 unspecified atom stereocenters. The Morgan fingerprint density at radius 2 is 2.50 bits per heavy atom. The van der Waals surface area contributed by atoms with Crippen LogP contribution in [0.4, 0.5) is 0 Å². The minimum Gasteiger partial charge on any atom is -0.347 e. The standard InChI is InChI=1S/C9H14N4O/c1-13-6-8(12-7-13)9(14)11-5-3-2-4-10/h2-3,6-7H,4-5,10H2,1H3,(H,11,14)/b3-2+. The third-order valence-corrected chi connectivity index (χ3v) is 1.62.